The highest BCUT2D eigenvalue weighted by molar-refractivity contribution is 5.33. The lowest BCUT2D eigenvalue weighted by molar-refractivity contribution is -0.384. The Morgan fingerprint density at radius 3 is 2.65 bits per heavy atom. The topological polar surface area (TPSA) is 81.2 Å². The van der Waals surface area contributed by atoms with Crippen LogP contribution in [0.4, 0.5) is 5.69 Å². The minimum atomic E-state index is -0.726. The molecule has 1 aromatic heterocycles. The van der Waals surface area contributed by atoms with Crippen molar-refractivity contribution in [1.82, 2.24) is 9.78 Å². The first kappa shape index (κ1) is 11.3. The van der Waals surface area contributed by atoms with Crippen LogP contribution in [-0.2, 0) is 6.54 Å². The maximum atomic E-state index is 10.5. The molecule has 1 aromatic carbocycles. The summed E-state index contributed by atoms with van der Waals surface area (Å²) in [6.45, 7) is 0.324. The van der Waals surface area contributed by atoms with Crippen LogP contribution in [0.5, 0.6) is 0 Å². The minimum absolute atomic E-state index is 0.0139. The zero-order valence-electron chi connectivity index (χ0n) is 8.93. The van der Waals surface area contributed by atoms with Gasteiger partial charge in [-0.15, -0.1) is 0 Å². The van der Waals surface area contributed by atoms with Crippen LogP contribution in [0.1, 0.15) is 11.7 Å². The molecule has 1 heterocycles. The predicted molar refractivity (Wildman–Crippen MR) is 60.3 cm³/mol. The van der Waals surface area contributed by atoms with E-state index in [0.29, 0.717) is 12.1 Å². The van der Waals surface area contributed by atoms with Crippen molar-refractivity contribution >= 4 is 5.69 Å². The van der Waals surface area contributed by atoms with E-state index in [9.17, 15) is 15.2 Å². The Bertz CT molecular complexity index is 493. The summed E-state index contributed by atoms with van der Waals surface area (Å²) in [6.07, 6.45) is 2.65. The van der Waals surface area contributed by atoms with Gasteiger partial charge in [0, 0.05) is 24.5 Å². The predicted octanol–water partition coefficient (Wildman–Crippen LogP) is 1.52. The molecule has 0 aliphatic carbocycles. The van der Waals surface area contributed by atoms with E-state index in [1.165, 1.54) is 12.1 Å². The number of nitro groups is 1. The SMILES string of the molecule is O=[N+]([O-])c1ccc(C(O)Cn2cccn2)cc1. The second-order valence-electron chi connectivity index (χ2n) is 3.59. The number of nitrogens with zero attached hydrogens (tertiary/aromatic N) is 3. The molecule has 1 atom stereocenters. The molecule has 17 heavy (non-hydrogen) atoms. The second-order valence-corrected chi connectivity index (χ2v) is 3.59. The van der Waals surface area contributed by atoms with E-state index in [2.05, 4.69) is 5.10 Å². The molecule has 0 spiro atoms. The Hall–Kier alpha value is -2.21. The van der Waals surface area contributed by atoms with E-state index in [1.54, 1.807) is 35.3 Å². The van der Waals surface area contributed by atoms with Crippen molar-refractivity contribution in [3.63, 3.8) is 0 Å². The Balaban J connectivity index is 2.09. The first-order valence-electron chi connectivity index (χ1n) is 5.06. The molecule has 88 valence electrons. The molecule has 6 nitrogen and oxygen atoms in total. The van der Waals surface area contributed by atoms with Gasteiger partial charge in [-0.25, -0.2) is 0 Å². The monoisotopic (exact) mass is 233 g/mol. The van der Waals surface area contributed by atoms with Crippen LogP contribution < -0.4 is 0 Å². The zero-order chi connectivity index (χ0) is 12.3. The number of aliphatic hydroxyl groups excluding tert-OH is 1. The fraction of sp³-hybridized carbons (Fsp3) is 0.182. The zero-order valence-corrected chi connectivity index (χ0v) is 8.93. The van der Waals surface area contributed by atoms with E-state index < -0.39 is 11.0 Å². The first-order valence-corrected chi connectivity index (χ1v) is 5.06. The largest absolute Gasteiger partial charge is 0.386 e. The van der Waals surface area contributed by atoms with E-state index in [0.717, 1.165) is 0 Å². The summed E-state index contributed by atoms with van der Waals surface area (Å²) in [4.78, 5) is 10.00. The Morgan fingerprint density at radius 1 is 1.41 bits per heavy atom. The highest BCUT2D eigenvalue weighted by atomic mass is 16.6. The minimum Gasteiger partial charge on any atom is -0.386 e. The van der Waals surface area contributed by atoms with Gasteiger partial charge in [0.15, 0.2) is 0 Å². The third-order valence-corrected chi connectivity index (χ3v) is 2.41. The Labute approximate surface area is 97.3 Å². The number of hydrogen-bond donors (Lipinski definition) is 1. The van der Waals surface area contributed by atoms with Gasteiger partial charge < -0.3 is 5.11 Å². The molecule has 0 saturated heterocycles. The van der Waals surface area contributed by atoms with E-state index >= 15 is 0 Å². The van der Waals surface area contributed by atoms with Gasteiger partial charge >= 0.3 is 0 Å². The van der Waals surface area contributed by atoms with Crippen LogP contribution in [0.15, 0.2) is 42.7 Å². The van der Waals surface area contributed by atoms with Crippen molar-refractivity contribution in [2.24, 2.45) is 0 Å². The highest BCUT2D eigenvalue weighted by Crippen LogP contribution is 2.18. The first-order chi connectivity index (χ1) is 8.16. The van der Waals surface area contributed by atoms with Crippen molar-refractivity contribution in [3.8, 4) is 0 Å². The number of rotatable bonds is 4. The molecular weight excluding hydrogens is 222 g/mol. The van der Waals surface area contributed by atoms with Gasteiger partial charge in [0.05, 0.1) is 17.6 Å². The Kier molecular flexibility index (Phi) is 3.15. The molecule has 0 saturated carbocycles. The van der Waals surface area contributed by atoms with Gasteiger partial charge in [-0.05, 0) is 23.8 Å². The number of benzene rings is 1. The summed E-state index contributed by atoms with van der Waals surface area (Å²) in [5.41, 5.74) is 0.645. The van der Waals surface area contributed by atoms with E-state index in [-0.39, 0.29) is 5.69 Å². The summed E-state index contributed by atoms with van der Waals surface area (Å²) < 4.78 is 1.60. The lowest BCUT2D eigenvalue weighted by atomic mass is 10.1. The van der Waals surface area contributed by atoms with E-state index in [1.807, 2.05) is 0 Å². The summed E-state index contributed by atoms with van der Waals surface area (Å²) in [7, 11) is 0. The van der Waals surface area contributed by atoms with Gasteiger partial charge in [0.2, 0.25) is 0 Å². The summed E-state index contributed by atoms with van der Waals surface area (Å²) in [6, 6.07) is 7.62. The summed E-state index contributed by atoms with van der Waals surface area (Å²) >= 11 is 0. The average molecular weight is 233 g/mol. The van der Waals surface area contributed by atoms with Crippen molar-refractivity contribution < 1.29 is 10.0 Å². The molecule has 0 bridgehead atoms. The number of non-ortho nitro benzene ring substituents is 1. The third kappa shape index (κ3) is 2.67. The van der Waals surface area contributed by atoms with Crippen LogP contribution in [-0.4, -0.2) is 19.8 Å². The second kappa shape index (κ2) is 4.75. The number of aliphatic hydroxyl groups is 1. The standard InChI is InChI=1S/C11H11N3O3/c15-11(8-13-7-1-6-12-13)9-2-4-10(5-3-9)14(16)17/h1-7,11,15H,8H2. The van der Waals surface area contributed by atoms with Crippen LogP contribution in [0.2, 0.25) is 0 Å². The molecule has 0 radical (unpaired) electrons. The van der Waals surface area contributed by atoms with Crippen LogP contribution in [0.3, 0.4) is 0 Å². The smallest absolute Gasteiger partial charge is 0.269 e. The molecule has 6 heteroatoms. The number of nitro benzene ring substituents is 1. The molecule has 0 aliphatic rings. The maximum absolute atomic E-state index is 10.5. The van der Waals surface area contributed by atoms with Gasteiger partial charge in [-0.2, -0.15) is 5.10 Å². The van der Waals surface area contributed by atoms with E-state index in [4.69, 9.17) is 0 Å². The molecule has 0 aliphatic heterocycles. The quantitative estimate of drug-likeness (QED) is 0.641. The third-order valence-electron chi connectivity index (χ3n) is 2.41. The average Bonchev–Trinajstić information content (AvgIpc) is 2.82. The summed E-state index contributed by atoms with van der Waals surface area (Å²) in [5, 5.41) is 24.3. The normalized spacial score (nSPS) is 12.3. The fourth-order valence-corrected chi connectivity index (χ4v) is 1.51. The van der Waals surface area contributed by atoms with Gasteiger partial charge in [0.25, 0.3) is 5.69 Å². The number of hydrogen-bond acceptors (Lipinski definition) is 4. The lowest BCUT2D eigenvalue weighted by Crippen LogP contribution is -2.08. The van der Waals surface area contributed by atoms with Gasteiger partial charge in [-0.1, -0.05) is 0 Å². The molecule has 2 rings (SSSR count). The molecule has 1 N–H and O–H groups in total. The summed E-state index contributed by atoms with van der Waals surface area (Å²) in [5.74, 6) is 0. The molecule has 2 aromatic rings. The van der Waals surface area contributed by atoms with Crippen LogP contribution >= 0.6 is 0 Å². The van der Waals surface area contributed by atoms with Crippen molar-refractivity contribution in [3.05, 3.63) is 58.4 Å². The van der Waals surface area contributed by atoms with Crippen molar-refractivity contribution in [2.75, 3.05) is 0 Å². The van der Waals surface area contributed by atoms with Gasteiger partial charge in [-0.3, -0.25) is 14.8 Å². The molecule has 0 amide bonds. The van der Waals surface area contributed by atoms with Crippen molar-refractivity contribution in [2.45, 2.75) is 12.6 Å². The fourth-order valence-electron chi connectivity index (χ4n) is 1.51. The maximum Gasteiger partial charge on any atom is 0.269 e. The lowest BCUT2D eigenvalue weighted by Gasteiger charge is -2.10. The highest BCUT2D eigenvalue weighted by Gasteiger charge is 2.11. The molecule has 1 unspecified atom stereocenters. The number of aromatic nitrogens is 2. The van der Waals surface area contributed by atoms with Crippen LogP contribution in [0.25, 0.3) is 0 Å². The molecule has 0 fully saturated rings. The van der Waals surface area contributed by atoms with Gasteiger partial charge in [0.1, 0.15) is 0 Å². The Morgan fingerprint density at radius 2 is 2.12 bits per heavy atom. The molecular formula is C11H11N3O3. The van der Waals surface area contributed by atoms with Crippen LogP contribution in [0, 0.1) is 10.1 Å². The van der Waals surface area contributed by atoms with Crippen molar-refractivity contribution in [1.29, 1.82) is 0 Å².